The second-order valence-electron chi connectivity index (χ2n) is 6.44. The van der Waals surface area contributed by atoms with E-state index < -0.39 is 24.0 Å². The molecule has 2 atom stereocenters. The summed E-state index contributed by atoms with van der Waals surface area (Å²) in [5.41, 5.74) is 1.37. The van der Waals surface area contributed by atoms with Crippen molar-refractivity contribution < 1.29 is 28.8 Å². The summed E-state index contributed by atoms with van der Waals surface area (Å²) in [4.78, 5) is 34.9. The zero-order valence-corrected chi connectivity index (χ0v) is 15.8. The molecule has 2 amide bonds. The molecular weight excluding hydrogens is 362 g/mol. The number of aliphatic carboxylic acids is 1. The summed E-state index contributed by atoms with van der Waals surface area (Å²) in [7, 11) is 0. The molecule has 3 N–H and O–H groups in total. The van der Waals surface area contributed by atoms with Crippen LogP contribution in [0.4, 0.5) is 4.79 Å². The van der Waals surface area contributed by atoms with Gasteiger partial charge in [-0.25, -0.2) is 4.79 Å². The van der Waals surface area contributed by atoms with Gasteiger partial charge in [0, 0.05) is 12.1 Å². The summed E-state index contributed by atoms with van der Waals surface area (Å²) >= 11 is 0. The maximum atomic E-state index is 12.1. The number of carboxylic acid groups (broad SMARTS) is 1. The first-order valence-electron chi connectivity index (χ1n) is 8.85. The summed E-state index contributed by atoms with van der Waals surface area (Å²) in [5.74, 6) is -1.65. The van der Waals surface area contributed by atoms with Crippen LogP contribution >= 0.6 is 0 Å². The van der Waals surface area contributed by atoms with Crippen molar-refractivity contribution in [3.63, 3.8) is 0 Å². The standard InChI is InChI=1S/C20H23N3O5/c1-14(11-16-7-4-3-5-8-16)21-20(27)28-13-23-10-6-9-17(12-23)18(24)22-15(2)19(25)26/h3-10,12,14-15H,11,13H2,1-2H3,(H2-,21,22,24,25,26,27)/p+1/t14?,15-/m0/s1. The van der Waals surface area contributed by atoms with Gasteiger partial charge in [-0.1, -0.05) is 30.3 Å². The molecule has 0 bridgehead atoms. The van der Waals surface area contributed by atoms with Crippen molar-refractivity contribution in [2.45, 2.75) is 39.1 Å². The van der Waals surface area contributed by atoms with Crippen molar-refractivity contribution in [2.75, 3.05) is 0 Å². The second kappa shape index (κ2) is 10.1. The fraction of sp³-hybridized carbons (Fsp3) is 0.300. The fourth-order valence-electron chi connectivity index (χ4n) is 2.47. The largest absolute Gasteiger partial charge is 0.480 e. The Labute approximate surface area is 163 Å². The maximum absolute atomic E-state index is 12.1. The number of rotatable bonds is 8. The average Bonchev–Trinajstić information content (AvgIpc) is 2.67. The monoisotopic (exact) mass is 386 g/mol. The van der Waals surface area contributed by atoms with Crippen LogP contribution in [-0.4, -0.2) is 35.2 Å². The molecule has 8 nitrogen and oxygen atoms in total. The van der Waals surface area contributed by atoms with Gasteiger partial charge in [0.25, 0.3) is 12.6 Å². The number of carbonyl (C=O) groups is 3. The average molecular weight is 386 g/mol. The molecule has 148 valence electrons. The highest BCUT2D eigenvalue weighted by atomic mass is 16.6. The zero-order chi connectivity index (χ0) is 20.5. The van der Waals surface area contributed by atoms with Gasteiger partial charge >= 0.3 is 12.1 Å². The minimum Gasteiger partial charge on any atom is -0.480 e. The molecular formula is C20H24N3O5+. The van der Waals surface area contributed by atoms with Gasteiger partial charge in [0.2, 0.25) is 0 Å². The predicted molar refractivity (Wildman–Crippen MR) is 100 cm³/mol. The number of hydrogen-bond donors (Lipinski definition) is 3. The lowest BCUT2D eigenvalue weighted by Gasteiger charge is -2.13. The lowest BCUT2D eigenvalue weighted by Crippen LogP contribution is -2.42. The van der Waals surface area contributed by atoms with Crippen LogP contribution in [-0.2, 0) is 22.7 Å². The number of benzene rings is 1. The minimum atomic E-state index is -1.12. The summed E-state index contributed by atoms with van der Waals surface area (Å²) < 4.78 is 6.69. The van der Waals surface area contributed by atoms with Crippen molar-refractivity contribution in [1.82, 2.24) is 10.6 Å². The SMILES string of the molecule is CC(Cc1ccccc1)NC(=O)OC[n+]1cccc(C(=O)N[C@@H](C)C(=O)O)c1. The van der Waals surface area contributed by atoms with Crippen LogP contribution in [0.15, 0.2) is 54.9 Å². The van der Waals surface area contributed by atoms with E-state index >= 15 is 0 Å². The first-order valence-corrected chi connectivity index (χ1v) is 8.85. The molecule has 0 aliphatic rings. The molecule has 0 saturated carbocycles. The Kier molecular flexibility index (Phi) is 7.50. The van der Waals surface area contributed by atoms with Crippen LogP contribution < -0.4 is 15.2 Å². The molecule has 28 heavy (non-hydrogen) atoms. The van der Waals surface area contributed by atoms with Gasteiger partial charge in [-0.2, -0.15) is 4.57 Å². The van der Waals surface area contributed by atoms with E-state index in [1.54, 1.807) is 18.3 Å². The van der Waals surface area contributed by atoms with Gasteiger partial charge < -0.3 is 20.5 Å². The molecule has 2 rings (SSSR count). The first kappa shape index (κ1) is 20.9. The number of carbonyl (C=O) groups excluding carboxylic acids is 2. The van der Waals surface area contributed by atoms with Gasteiger partial charge in [-0.15, -0.1) is 0 Å². The third-order valence-corrected chi connectivity index (χ3v) is 3.93. The smallest absolute Gasteiger partial charge is 0.412 e. The van der Waals surface area contributed by atoms with Gasteiger partial charge in [0.15, 0.2) is 12.4 Å². The third-order valence-electron chi connectivity index (χ3n) is 3.93. The highest BCUT2D eigenvalue weighted by molar-refractivity contribution is 5.95. The van der Waals surface area contributed by atoms with E-state index in [4.69, 9.17) is 9.84 Å². The Morgan fingerprint density at radius 1 is 1.07 bits per heavy atom. The molecule has 0 radical (unpaired) electrons. The van der Waals surface area contributed by atoms with Crippen LogP contribution in [0.5, 0.6) is 0 Å². The Morgan fingerprint density at radius 3 is 2.46 bits per heavy atom. The minimum absolute atomic E-state index is 0.0838. The van der Waals surface area contributed by atoms with E-state index in [9.17, 15) is 14.4 Å². The first-order chi connectivity index (χ1) is 13.3. The lowest BCUT2D eigenvalue weighted by molar-refractivity contribution is -0.727. The van der Waals surface area contributed by atoms with E-state index in [1.165, 1.54) is 17.7 Å². The number of carboxylic acids is 1. The number of alkyl carbamates (subject to hydrolysis) is 1. The van der Waals surface area contributed by atoms with Gasteiger partial charge in [0.05, 0.1) is 0 Å². The predicted octanol–water partition coefficient (Wildman–Crippen LogP) is 1.49. The second-order valence-corrected chi connectivity index (χ2v) is 6.44. The highest BCUT2D eigenvalue weighted by Crippen LogP contribution is 2.03. The molecule has 0 saturated heterocycles. The Balaban J connectivity index is 1.84. The van der Waals surface area contributed by atoms with E-state index in [-0.39, 0.29) is 18.3 Å². The molecule has 1 unspecified atom stereocenters. The van der Waals surface area contributed by atoms with E-state index in [2.05, 4.69) is 10.6 Å². The van der Waals surface area contributed by atoms with Gasteiger partial charge in [-0.3, -0.25) is 9.59 Å². The molecule has 1 aromatic heterocycles. The third kappa shape index (κ3) is 6.71. The fourth-order valence-corrected chi connectivity index (χ4v) is 2.47. The number of nitrogens with one attached hydrogen (secondary N) is 2. The summed E-state index contributed by atoms with van der Waals surface area (Å²) in [5, 5.41) is 14.0. The van der Waals surface area contributed by atoms with Crippen molar-refractivity contribution in [3.8, 4) is 0 Å². The van der Waals surface area contributed by atoms with Crippen molar-refractivity contribution >= 4 is 18.0 Å². The van der Waals surface area contributed by atoms with Gasteiger partial charge in [-0.05, 0) is 31.9 Å². The normalized spacial score (nSPS) is 12.5. The Morgan fingerprint density at radius 2 is 1.79 bits per heavy atom. The lowest BCUT2D eigenvalue weighted by atomic mass is 10.1. The van der Waals surface area contributed by atoms with Crippen LogP contribution in [0.3, 0.4) is 0 Å². The van der Waals surface area contributed by atoms with Crippen LogP contribution in [0.25, 0.3) is 0 Å². The Hall–Kier alpha value is -3.42. The van der Waals surface area contributed by atoms with Crippen molar-refractivity contribution in [2.24, 2.45) is 0 Å². The van der Waals surface area contributed by atoms with Crippen LogP contribution in [0.1, 0.15) is 29.8 Å². The highest BCUT2D eigenvalue weighted by Gasteiger charge is 2.18. The molecule has 0 fully saturated rings. The zero-order valence-electron chi connectivity index (χ0n) is 15.8. The van der Waals surface area contributed by atoms with Crippen LogP contribution in [0, 0.1) is 0 Å². The summed E-state index contributed by atoms with van der Waals surface area (Å²) in [6.45, 7) is 3.18. The number of hydrogen-bond acceptors (Lipinski definition) is 4. The molecule has 1 aromatic carbocycles. The van der Waals surface area contributed by atoms with E-state index in [0.29, 0.717) is 6.42 Å². The number of nitrogens with zero attached hydrogens (tertiary/aromatic N) is 1. The summed E-state index contributed by atoms with van der Waals surface area (Å²) in [6.07, 6.45) is 3.23. The summed E-state index contributed by atoms with van der Waals surface area (Å²) in [6, 6.07) is 11.8. The maximum Gasteiger partial charge on any atom is 0.412 e. The number of pyridine rings is 1. The molecule has 0 aliphatic heterocycles. The quantitative estimate of drug-likeness (QED) is 0.596. The Bertz CT molecular complexity index is 826. The molecule has 0 spiro atoms. The topological polar surface area (TPSA) is 109 Å². The molecule has 2 aromatic rings. The van der Waals surface area contributed by atoms with Crippen molar-refractivity contribution in [1.29, 1.82) is 0 Å². The van der Waals surface area contributed by atoms with E-state index in [1.807, 2.05) is 37.3 Å². The molecule has 8 heteroatoms. The van der Waals surface area contributed by atoms with E-state index in [0.717, 1.165) is 5.56 Å². The number of aromatic nitrogens is 1. The number of amides is 2. The number of ether oxygens (including phenoxy) is 1. The van der Waals surface area contributed by atoms with Crippen LogP contribution in [0.2, 0.25) is 0 Å². The molecule has 0 aliphatic carbocycles. The molecule has 1 heterocycles. The van der Waals surface area contributed by atoms with Crippen molar-refractivity contribution in [3.05, 3.63) is 66.0 Å². The van der Waals surface area contributed by atoms with Gasteiger partial charge in [0.1, 0.15) is 11.6 Å².